The topological polar surface area (TPSA) is 90.5 Å². The van der Waals surface area contributed by atoms with Gasteiger partial charge in [0.1, 0.15) is 5.75 Å². The first-order chi connectivity index (χ1) is 9.24. The zero-order valence-electron chi connectivity index (χ0n) is 10.0. The van der Waals surface area contributed by atoms with E-state index in [0.717, 1.165) is 18.2 Å². The number of nitrogens with zero attached hydrogens (tertiary/aromatic N) is 1. The predicted octanol–water partition coefficient (Wildman–Crippen LogP) is 2.16. The van der Waals surface area contributed by atoms with Crippen LogP contribution in [0.2, 0.25) is 0 Å². The summed E-state index contributed by atoms with van der Waals surface area (Å²) in [6.07, 6.45) is -6.77. The zero-order valence-corrected chi connectivity index (χ0v) is 10.0. The number of aliphatic hydroxyl groups excluding tert-OH is 1. The molecule has 0 aromatic heterocycles. The van der Waals surface area contributed by atoms with E-state index in [-0.39, 0.29) is 24.0 Å². The highest BCUT2D eigenvalue weighted by Crippen LogP contribution is 2.28. The minimum atomic E-state index is -4.88. The fourth-order valence-corrected chi connectivity index (χ4v) is 1.59. The Bertz CT molecular complexity index is 536. The van der Waals surface area contributed by atoms with E-state index >= 15 is 0 Å². The van der Waals surface area contributed by atoms with Crippen molar-refractivity contribution in [3.8, 4) is 11.8 Å². The number of carboxylic acid groups (broad SMARTS) is 1. The smallest absolute Gasteiger partial charge is 0.479 e. The van der Waals surface area contributed by atoms with Gasteiger partial charge in [-0.25, -0.2) is 4.79 Å². The number of nitriles is 1. The number of carbonyl (C=O) groups is 1. The number of carboxylic acids is 1. The van der Waals surface area contributed by atoms with Gasteiger partial charge in [0.15, 0.2) is 6.10 Å². The van der Waals surface area contributed by atoms with Crippen LogP contribution in [0, 0.1) is 11.3 Å². The fourth-order valence-electron chi connectivity index (χ4n) is 1.59. The van der Waals surface area contributed by atoms with E-state index in [9.17, 15) is 23.1 Å². The van der Waals surface area contributed by atoms with E-state index in [0.29, 0.717) is 0 Å². The van der Waals surface area contributed by atoms with Crippen LogP contribution >= 0.6 is 0 Å². The molecule has 5 nitrogen and oxygen atoms in total. The first kappa shape index (κ1) is 15.8. The van der Waals surface area contributed by atoms with Crippen LogP contribution in [-0.4, -0.2) is 22.5 Å². The summed E-state index contributed by atoms with van der Waals surface area (Å²) in [5, 5.41) is 26.7. The van der Waals surface area contributed by atoms with Crippen LogP contribution in [0.1, 0.15) is 23.7 Å². The van der Waals surface area contributed by atoms with E-state index in [4.69, 9.17) is 10.4 Å². The van der Waals surface area contributed by atoms with Crippen molar-refractivity contribution in [3.63, 3.8) is 0 Å². The molecule has 8 heteroatoms. The lowest BCUT2D eigenvalue weighted by molar-refractivity contribution is -0.274. The molecule has 0 heterocycles. The monoisotopic (exact) mass is 289 g/mol. The Morgan fingerprint density at radius 1 is 1.45 bits per heavy atom. The van der Waals surface area contributed by atoms with Gasteiger partial charge in [-0.1, -0.05) is 6.07 Å². The van der Waals surface area contributed by atoms with Crippen LogP contribution in [-0.2, 0) is 11.2 Å². The number of halogens is 3. The Kier molecular flexibility index (Phi) is 4.94. The van der Waals surface area contributed by atoms with Gasteiger partial charge >= 0.3 is 12.3 Å². The predicted molar refractivity (Wildman–Crippen MR) is 59.7 cm³/mol. The summed E-state index contributed by atoms with van der Waals surface area (Å²) < 4.78 is 40.0. The molecule has 0 fully saturated rings. The van der Waals surface area contributed by atoms with Gasteiger partial charge < -0.3 is 14.9 Å². The van der Waals surface area contributed by atoms with Crippen molar-refractivity contribution in [2.75, 3.05) is 0 Å². The summed E-state index contributed by atoms with van der Waals surface area (Å²) in [7, 11) is 0. The first-order valence-corrected chi connectivity index (χ1v) is 5.41. The number of hydrogen-bond acceptors (Lipinski definition) is 4. The molecule has 20 heavy (non-hydrogen) atoms. The van der Waals surface area contributed by atoms with Gasteiger partial charge in [-0.15, -0.1) is 13.2 Å². The average Bonchev–Trinajstić information content (AvgIpc) is 2.33. The third kappa shape index (κ3) is 4.44. The van der Waals surface area contributed by atoms with Crippen molar-refractivity contribution in [2.45, 2.75) is 25.3 Å². The number of aryl methyl sites for hydroxylation is 1. The average molecular weight is 289 g/mol. The van der Waals surface area contributed by atoms with E-state index in [2.05, 4.69) is 4.74 Å². The van der Waals surface area contributed by atoms with Crippen LogP contribution in [0.15, 0.2) is 18.2 Å². The molecule has 2 N–H and O–H groups in total. The Hall–Kier alpha value is -2.27. The highest BCUT2D eigenvalue weighted by Gasteiger charge is 2.31. The summed E-state index contributed by atoms with van der Waals surface area (Å²) >= 11 is 0. The largest absolute Gasteiger partial charge is 0.573 e. The van der Waals surface area contributed by atoms with Gasteiger partial charge in [-0.05, 0) is 29.7 Å². The SMILES string of the molecule is N#CCCc1cc(OC(F)(F)F)ccc1C(O)C(=O)O. The molecule has 0 saturated carbocycles. The summed E-state index contributed by atoms with van der Waals surface area (Å²) in [5.74, 6) is -2.07. The second kappa shape index (κ2) is 6.25. The van der Waals surface area contributed by atoms with E-state index in [1.165, 1.54) is 0 Å². The lowest BCUT2D eigenvalue weighted by Gasteiger charge is -2.15. The van der Waals surface area contributed by atoms with Gasteiger partial charge in [-0.2, -0.15) is 5.26 Å². The molecule has 1 aromatic rings. The molecular weight excluding hydrogens is 279 g/mol. The normalized spacial score (nSPS) is 12.6. The molecule has 108 valence electrons. The maximum absolute atomic E-state index is 12.1. The molecule has 0 amide bonds. The maximum atomic E-state index is 12.1. The molecule has 0 aliphatic carbocycles. The molecule has 1 rings (SSSR count). The molecule has 0 saturated heterocycles. The number of rotatable bonds is 5. The Morgan fingerprint density at radius 3 is 2.60 bits per heavy atom. The highest BCUT2D eigenvalue weighted by atomic mass is 19.4. The minimum Gasteiger partial charge on any atom is -0.479 e. The Labute approximate surface area is 111 Å². The third-order valence-corrected chi connectivity index (χ3v) is 2.38. The summed E-state index contributed by atoms with van der Waals surface area (Å²) in [4.78, 5) is 10.7. The van der Waals surface area contributed by atoms with Crippen LogP contribution < -0.4 is 4.74 Å². The van der Waals surface area contributed by atoms with Crippen molar-refractivity contribution >= 4 is 5.97 Å². The molecule has 0 aliphatic heterocycles. The fraction of sp³-hybridized carbons (Fsp3) is 0.333. The molecule has 0 spiro atoms. The summed E-state index contributed by atoms with van der Waals surface area (Å²) in [6, 6.07) is 4.69. The molecule has 1 unspecified atom stereocenters. The molecule has 1 atom stereocenters. The highest BCUT2D eigenvalue weighted by molar-refractivity contribution is 5.74. The number of ether oxygens (including phenoxy) is 1. The van der Waals surface area contributed by atoms with Crippen LogP contribution in [0.3, 0.4) is 0 Å². The number of benzene rings is 1. The van der Waals surface area contributed by atoms with Gasteiger partial charge in [0, 0.05) is 6.42 Å². The van der Waals surface area contributed by atoms with Crippen molar-refractivity contribution < 1.29 is 32.9 Å². The number of aliphatic carboxylic acids is 1. The lowest BCUT2D eigenvalue weighted by atomic mass is 9.98. The van der Waals surface area contributed by atoms with Crippen molar-refractivity contribution in [1.82, 2.24) is 0 Å². The summed E-state index contributed by atoms with van der Waals surface area (Å²) in [6.45, 7) is 0. The maximum Gasteiger partial charge on any atom is 0.573 e. The third-order valence-electron chi connectivity index (χ3n) is 2.38. The van der Waals surface area contributed by atoms with Gasteiger partial charge in [-0.3, -0.25) is 0 Å². The number of hydrogen-bond donors (Lipinski definition) is 2. The second-order valence-corrected chi connectivity index (χ2v) is 3.81. The van der Waals surface area contributed by atoms with Crippen LogP contribution in [0.25, 0.3) is 0 Å². The number of aliphatic hydroxyl groups is 1. The zero-order chi connectivity index (χ0) is 15.3. The molecule has 0 aliphatic rings. The van der Waals surface area contributed by atoms with E-state index in [1.807, 2.05) is 0 Å². The Balaban J connectivity index is 3.13. The standard InChI is InChI=1S/C12H10F3NO4/c13-12(14,15)20-8-3-4-9(10(17)11(18)19)7(6-8)2-1-5-16/h3-4,6,10,17H,1-2H2,(H,18,19). The van der Waals surface area contributed by atoms with E-state index in [1.54, 1.807) is 6.07 Å². The van der Waals surface area contributed by atoms with Crippen molar-refractivity contribution in [3.05, 3.63) is 29.3 Å². The van der Waals surface area contributed by atoms with Gasteiger partial charge in [0.2, 0.25) is 0 Å². The van der Waals surface area contributed by atoms with Gasteiger partial charge in [0.25, 0.3) is 0 Å². The van der Waals surface area contributed by atoms with E-state index < -0.39 is 24.2 Å². The molecular formula is C12H10F3NO4. The van der Waals surface area contributed by atoms with Crippen molar-refractivity contribution in [1.29, 1.82) is 5.26 Å². The molecule has 0 bridgehead atoms. The van der Waals surface area contributed by atoms with Crippen LogP contribution in [0.5, 0.6) is 5.75 Å². The lowest BCUT2D eigenvalue weighted by Crippen LogP contribution is -2.18. The summed E-state index contributed by atoms with van der Waals surface area (Å²) in [5.41, 5.74) is 0.0467. The quantitative estimate of drug-likeness (QED) is 0.866. The van der Waals surface area contributed by atoms with Crippen molar-refractivity contribution in [2.24, 2.45) is 0 Å². The minimum absolute atomic E-state index is 0.00519. The second-order valence-electron chi connectivity index (χ2n) is 3.81. The van der Waals surface area contributed by atoms with Gasteiger partial charge in [0.05, 0.1) is 6.07 Å². The molecule has 1 aromatic carbocycles. The first-order valence-electron chi connectivity index (χ1n) is 5.41. The number of alkyl halides is 3. The van der Waals surface area contributed by atoms with Crippen LogP contribution in [0.4, 0.5) is 13.2 Å². The Morgan fingerprint density at radius 2 is 2.10 bits per heavy atom. The molecule has 0 radical (unpaired) electrons.